The van der Waals surface area contributed by atoms with Crippen LogP contribution >= 0.6 is 0 Å². The highest BCUT2D eigenvalue weighted by Gasteiger charge is 2.67. The molecule has 1 aliphatic carbocycles. The lowest BCUT2D eigenvalue weighted by molar-refractivity contribution is -0.141. The fourth-order valence-corrected chi connectivity index (χ4v) is 7.68. The Morgan fingerprint density at radius 1 is 1.02 bits per heavy atom. The molecule has 2 aliphatic heterocycles. The number of nitrogens with zero attached hydrogens (tertiary/aromatic N) is 7. The molecule has 1 saturated heterocycles. The second kappa shape index (κ2) is 13.5. The number of ketones is 2. The predicted octanol–water partition coefficient (Wildman–Crippen LogP) is 5.82. The van der Waals surface area contributed by atoms with E-state index in [1.165, 1.54) is 17.7 Å². The van der Waals surface area contributed by atoms with Gasteiger partial charge in [-0.25, -0.2) is 15.0 Å². The molecule has 3 aliphatic rings. The Balaban J connectivity index is 1.27. The number of piperidine rings is 1. The van der Waals surface area contributed by atoms with Gasteiger partial charge in [0.05, 0.1) is 41.7 Å². The number of hydrogen-bond donors (Lipinski definition) is 0. The van der Waals surface area contributed by atoms with Crippen molar-refractivity contribution in [1.82, 2.24) is 34.6 Å². The summed E-state index contributed by atoms with van der Waals surface area (Å²) in [6.45, 7) is 5.56. The number of pyridine rings is 2. The third-order valence-corrected chi connectivity index (χ3v) is 10.5. The number of Topliss-reactive ketones (excluding diaryl/α,β-unsaturated/α-hetero) is 2. The van der Waals surface area contributed by atoms with E-state index in [0.717, 1.165) is 38.2 Å². The quantitative estimate of drug-likeness (QED) is 0.236. The van der Waals surface area contributed by atoms with Crippen LogP contribution in [0.25, 0.3) is 22.2 Å². The Morgan fingerprint density at radius 3 is 2.51 bits per heavy atom. The van der Waals surface area contributed by atoms with Crippen LogP contribution in [0.15, 0.2) is 30.6 Å². The van der Waals surface area contributed by atoms with Crippen LogP contribution < -0.4 is 0 Å². The molecule has 11 nitrogen and oxygen atoms in total. The van der Waals surface area contributed by atoms with Gasteiger partial charge in [0.25, 0.3) is 0 Å². The second-order valence-electron chi connectivity index (χ2n) is 14.2. The van der Waals surface area contributed by atoms with Gasteiger partial charge in [0.1, 0.15) is 23.8 Å². The normalized spacial score (nSPS) is 22.9. The van der Waals surface area contributed by atoms with Gasteiger partial charge in [0.2, 0.25) is 5.91 Å². The summed E-state index contributed by atoms with van der Waals surface area (Å²) in [6.07, 6.45) is 4.67. The van der Waals surface area contributed by atoms with Gasteiger partial charge in [-0.05, 0) is 63.6 Å². The molecule has 7 rings (SSSR count). The van der Waals surface area contributed by atoms with Gasteiger partial charge in [0, 0.05) is 48.3 Å². The van der Waals surface area contributed by atoms with Crippen molar-refractivity contribution in [2.75, 3.05) is 13.2 Å². The molecule has 4 aromatic rings. The molecular weight excluding hydrogens is 663 g/mol. The summed E-state index contributed by atoms with van der Waals surface area (Å²) in [5.41, 5.74) is 1.81. The molecule has 3 atom stereocenters. The first-order chi connectivity index (χ1) is 24.3. The summed E-state index contributed by atoms with van der Waals surface area (Å²) < 4.78 is 48.2. The number of aromatic nitrogens is 6. The fraction of sp³-hybridized carbons (Fsp3) is 0.514. The van der Waals surface area contributed by atoms with Crippen LogP contribution in [0.1, 0.15) is 90.8 Å². The van der Waals surface area contributed by atoms with Gasteiger partial charge < -0.3 is 9.64 Å². The number of hydrogen-bond acceptors (Lipinski definition) is 9. The molecule has 0 aromatic carbocycles. The van der Waals surface area contributed by atoms with E-state index in [-0.39, 0.29) is 47.9 Å². The molecule has 6 heterocycles. The molecular formula is C37H40F3N7O4. The fourth-order valence-electron chi connectivity index (χ4n) is 7.68. The van der Waals surface area contributed by atoms with Crippen molar-refractivity contribution in [1.29, 1.82) is 0 Å². The van der Waals surface area contributed by atoms with Crippen LogP contribution in [0.2, 0.25) is 0 Å². The second-order valence-corrected chi connectivity index (χ2v) is 14.2. The summed E-state index contributed by atoms with van der Waals surface area (Å²) in [4.78, 5) is 60.4. The van der Waals surface area contributed by atoms with E-state index in [9.17, 15) is 27.6 Å². The molecule has 0 radical (unpaired) electrons. The summed E-state index contributed by atoms with van der Waals surface area (Å²) >= 11 is 0. The topological polar surface area (TPSA) is 133 Å². The van der Waals surface area contributed by atoms with Gasteiger partial charge in [-0.2, -0.15) is 18.3 Å². The van der Waals surface area contributed by atoms with Crippen LogP contribution in [0.5, 0.6) is 0 Å². The van der Waals surface area contributed by atoms with Crippen LogP contribution in [-0.2, 0) is 39.9 Å². The number of amides is 1. The number of ether oxygens (including phenoxy) is 1. The number of carbonyl (C=O) groups is 3. The van der Waals surface area contributed by atoms with Crippen molar-refractivity contribution in [2.45, 2.75) is 103 Å². The zero-order valence-electron chi connectivity index (χ0n) is 28.9. The molecule has 1 amide bonds. The molecule has 4 aromatic heterocycles. The molecule has 0 N–H and O–H groups in total. The lowest BCUT2D eigenvalue weighted by atomic mass is 9.95. The number of halogens is 3. The Morgan fingerprint density at radius 2 is 1.76 bits per heavy atom. The summed E-state index contributed by atoms with van der Waals surface area (Å²) in [7, 11) is 0. The number of rotatable bonds is 5. The Labute approximate surface area is 293 Å². The Kier molecular flexibility index (Phi) is 9.23. The number of alkyl halides is 3. The van der Waals surface area contributed by atoms with Crippen LogP contribution in [0.3, 0.4) is 0 Å². The van der Waals surface area contributed by atoms with Crippen molar-refractivity contribution >= 4 is 28.4 Å². The molecule has 1 saturated carbocycles. The van der Waals surface area contributed by atoms with E-state index < -0.39 is 23.3 Å². The van der Waals surface area contributed by atoms with Crippen molar-refractivity contribution in [2.24, 2.45) is 5.41 Å². The van der Waals surface area contributed by atoms with Crippen molar-refractivity contribution < 1.29 is 32.3 Å². The monoisotopic (exact) mass is 703 g/mol. The maximum absolute atomic E-state index is 14.4. The third kappa shape index (κ3) is 6.89. The highest BCUT2D eigenvalue weighted by Crippen LogP contribution is 2.60. The molecule has 2 fully saturated rings. The van der Waals surface area contributed by atoms with E-state index in [2.05, 4.69) is 20.1 Å². The standard InChI is InChI=1S/C37H40F3N7O4/c1-21-10-11-31(37(38,39)40)44-27(21)14-30(49)29-15-36-16-32(36)47(29)33(50)19-46-35-25(34(45-46)22(2)48)13-28(24-17-41-23(3)42-18-24)43-26(35)9-7-5-4-6-8-12-51-20-36/h10-11,13,17-18,29,32H,4-9,12,14-16,19-20H2,1-3H3/t29-,32+,36-/m0/s1. The summed E-state index contributed by atoms with van der Waals surface area (Å²) in [5.74, 6) is -0.392. The average Bonchev–Trinajstić information content (AvgIpc) is 3.48. The van der Waals surface area contributed by atoms with Gasteiger partial charge in [-0.1, -0.05) is 25.3 Å². The zero-order valence-corrected chi connectivity index (χ0v) is 28.9. The first-order valence-electron chi connectivity index (χ1n) is 17.5. The van der Waals surface area contributed by atoms with E-state index in [1.807, 2.05) is 0 Å². The smallest absolute Gasteiger partial charge is 0.381 e. The SMILES string of the molecule is CC(=O)c1nn2c3c(nc(-c4cnc(C)nc4)cc13)CCCCCCCOC[C@@]13C[C@@H](C(=O)Cc4nc(C(F)(F)F)ccc4C)N(C(=O)C2)[C@@H]1C3. The maximum atomic E-state index is 14.4. The van der Waals surface area contributed by atoms with E-state index in [4.69, 9.17) is 9.72 Å². The molecule has 51 heavy (non-hydrogen) atoms. The first-order valence-corrected chi connectivity index (χ1v) is 17.5. The highest BCUT2D eigenvalue weighted by atomic mass is 19.4. The zero-order chi connectivity index (χ0) is 36.1. The average molecular weight is 704 g/mol. The maximum Gasteiger partial charge on any atom is 0.433 e. The van der Waals surface area contributed by atoms with Crippen LogP contribution in [-0.4, -0.2) is 77.4 Å². The van der Waals surface area contributed by atoms with Crippen molar-refractivity contribution in [3.05, 3.63) is 64.8 Å². The van der Waals surface area contributed by atoms with Crippen LogP contribution in [0, 0.1) is 19.3 Å². The predicted molar refractivity (Wildman–Crippen MR) is 180 cm³/mol. The third-order valence-electron chi connectivity index (χ3n) is 10.5. The first kappa shape index (κ1) is 34.8. The minimum Gasteiger partial charge on any atom is -0.381 e. The lowest BCUT2D eigenvalue weighted by Gasteiger charge is -2.27. The largest absolute Gasteiger partial charge is 0.433 e. The minimum atomic E-state index is -4.65. The molecule has 0 unspecified atom stereocenters. The number of aryl methyl sites for hydroxylation is 3. The highest BCUT2D eigenvalue weighted by molar-refractivity contribution is 6.06. The van der Waals surface area contributed by atoms with E-state index in [1.54, 1.807) is 37.2 Å². The van der Waals surface area contributed by atoms with Crippen molar-refractivity contribution in [3.63, 3.8) is 0 Å². The van der Waals surface area contributed by atoms with Crippen molar-refractivity contribution in [3.8, 4) is 11.3 Å². The van der Waals surface area contributed by atoms with E-state index in [0.29, 0.717) is 71.7 Å². The van der Waals surface area contributed by atoms with Gasteiger partial charge in [-0.3, -0.25) is 24.0 Å². The van der Waals surface area contributed by atoms with Gasteiger partial charge in [0.15, 0.2) is 11.6 Å². The Bertz CT molecular complexity index is 2010. The molecule has 268 valence electrons. The number of carbonyl (C=O) groups excluding carboxylic acids is 3. The van der Waals surface area contributed by atoms with Gasteiger partial charge >= 0.3 is 6.18 Å². The van der Waals surface area contributed by atoms with Crippen LogP contribution in [0.4, 0.5) is 13.2 Å². The summed E-state index contributed by atoms with van der Waals surface area (Å²) in [5, 5.41) is 5.23. The minimum absolute atomic E-state index is 0.0391. The molecule has 0 spiro atoms. The van der Waals surface area contributed by atoms with E-state index >= 15 is 0 Å². The summed E-state index contributed by atoms with van der Waals surface area (Å²) in [6, 6.07) is 2.88. The molecule has 2 bridgehead atoms. The Hall–Kier alpha value is -4.59. The molecule has 14 heteroatoms. The van der Waals surface area contributed by atoms with Gasteiger partial charge in [-0.15, -0.1) is 0 Å². The lowest BCUT2D eigenvalue weighted by Crippen LogP contribution is -2.45.